The number of hydrogen-bond donors (Lipinski definition) is 0. The van der Waals surface area contributed by atoms with Gasteiger partial charge in [-0.3, -0.25) is 19.1 Å². The van der Waals surface area contributed by atoms with E-state index in [2.05, 4.69) is 4.90 Å². The van der Waals surface area contributed by atoms with Crippen LogP contribution in [0.25, 0.3) is 6.08 Å². The lowest BCUT2D eigenvalue weighted by atomic mass is 10.0. The first-order chi connectivity index (χ1) is 17.8. The number of carbonyl (C=O) groups excluding carboxylic acids is 1. The number of thiocarbonyl (C=S) groups is 1. The summed E-state index contributed by atoms with van der Waals surface area (Å²) in [5.74, 6) is 1.73. The third kappa shape index (κ3) is 5.23. The highest BCUT2D eigenvalue weighted by molar-refractivity contribution is 8.26. The van der Waals surface area contributed by atoms with Gasteiger partial charge in [-0.15, -0.1) is 0 Å². The fraction of sp³-hybridized carbons (Fsp3) is 0.385. The maximum absolute atomic E-state index is 13.4. The monoisotopic (exact) mass is 540 g/mol. The van der Waals surface area contributed by atoms with E-state index in [9.17, 15) is 14.9 Å². The van der Waals surface area contributed by atoms with E-state index in [0.29, 0.717) is 76.9 Å². The molecule has 9 nitrogen and oxygen atoms in total. The predicted molar refractivity (Wildman–Crippen MR) is 147 cm³/mol. The van der Waals surface area contributed by atoms with Crippen molar-refractivity contribution in [3.63, 3.8) is 0 Å². The Kier molecular flexibility index (Phi) is 8.22. The molecule has 4 rings (SSSR count). The van der Waals surface area contributed by atoms with Crippen molar-refractivity contribution in [1.82, 2.24) is 9.47 Å². The summed E-state index contributed by atoms with van der Waals surface area (Å²) in [4.78, 5) is 30.4. The van der Waals surface area contributed by atoms with E-state index < -0.39 is 0 Å². The van der Waals surface area contributed by atoms with Crippen LogP contribution in [0.15, 0.2) is 27.9 Å². The van der Waals surface area contributed by atoms with E-state index in [-0.39, 0.29) is 17.0 Å². The summed E-state index contributed by atoms with van der Waals surface area (Å²) >= 11 is 6.77. The highest BCUT2D eigenvalue weighted by Gasteiger charge is 2.33. The molecule has 0 spiro atoms. The molecular formula is C26H28N4O5S2. The highest BCUT2D eigenvalue weighted by Crippen LogP contribution is 2.36. The Morgan fingerprint density at radius 3 is 2.54 bits per heavy atom. The van der Waals surface area contributed by atoms with Crippen LogP contribution in [-0.2, 0) is 23.0 Å². The Morgan fingerprint density at radius 2 is 1.89 bits per heavy atom. The molecule has 0 atom stereocenters. The number of anilines is 1. The lowest BCUT2D eigenvalue weighted by Gasteiger charge is -2.32. The quantitative estimate of drug-likeness (QED) is 0.388. The number of pyridine rings is 1. The van der Waals surface area contributed by atoms with Crippen LogP contribution in [-0.4, -0.2) is 66.8 Å². The first-order valence-electron chi connectivity index (χ1n) is 11.7. The standard InChI is InChI=1S/C26H28N4O5S2/c1-16-18(23(29-9-11-35-12-10-29)28(2)24(31)19(16)15-27)14-22-25(32)30(26(36)37-22)8-7-17-5-6-20(33-3)21(13-17)34-4/h5-6,13-14H,7-12H2,1-4H3/b22-14-. The van der Waals surface area contributed by atoms with E-state index in [1.807, 2.05) is 24.3 Å². The van der Waals surface area contributed by atoms with Crippen molar-refractivity contribution >= 4 is 46.1 Å². The lowest BCUT2D eigenvalue weighted by Crippen LogP contribution is -2.40. The number of hydrogen-bond acceptors (Lipinski definition) is 9. The van der Waals surface area contributed by atoms with Gasteiger partial charge in [0.1, 0.15) is 21.8 Å². The minimum Gasteiger partial charge on any atom is -0.493 e. The minimum atomic E-state index is -0.360. The number of methoxy groups -OCH3 is 2. The molecule has 2 aliphatic rings. The van der Waals surface area contributed by atoms with Crippen LogP contribution < -0.4 is 19.9 Å². The minimum absolute atomic E-state index is 0.0645. The zero-order chi connectivity index (χ0) is 26.7. The van der Waals surface area contributed by atoms with Gasteiger partial charge < -0.3 is 19.1 Å². The van der Waals surface area contributed by atoms with Gasteiger partial charge in [0.25, 0.3) is 11.5 Å². The lowest BCUT2D eigenvalue weighted by molar-refractivity contribution is -0.122. The van der Waals surface area contributed by atoms with Gasteiger partial charge in [-0.1, -0.05) is 30.0 Å². The Labute approximate surface area is 225 Å². The number of aromatic nitrogens is 1. The summed E-state index contributed by atoms with van der Waals surface area (Å²) in [5, 5.41) is 9.66. The van der Waals surface area contributed by atoms with E-state index in [0.717, 1.165) is 5.56 Å². The van der Waals surface area contributed by atoms with Gasteiger partial charge in [-0.25, -0.2) is 0 Å². The largest absolute Gasteiger partial charge is 0.493 e. The number of nitrogens with zero attached hydrogens (tertiary/aromatic N) is 4. The van der Waals surface area contributed by atoms with Gasteiger partial charge in [0.2, 0.25) is 0 Å². The molecule has 0 saturated carbocycles. The number of benzene rings is 1. The fourth-order valence-electron chi connectivity index (χ4n) is 4.47. The second-order valence-electron chi connectivity index (χ2n) is 8.59. The summed E-state index contributed by atoms with van der Waals surface area (Å²) in [6, 6.07) is 7.68. The van der Waals surface area contributed by atoms with Crippen molar-refractivity contribution in [2.75, 3.05) is 52.0 Å². The molecule has 0 N–H and O–H groups in total. The molecule has 0 radical (unpaired) electrons. The van der Waals surface area contributed by atoms with Gasteiger partial charge in [0.15, 0.2) is 11.5 Å². The molecule has 1 amide bonds. The molecule has 2 saturated heterocycles. The molecule has 2 aromatic rings. The van der Waals surface area contributed by atoms with E-state index >= 15 is 0 Å². The van der Waals surface area contributed by atoms with E-state index in [4.69, 9.17) is 26.4 Å². The second kappa shape index (κ2) is 11.4. The fourth-order valence-corrected chi connectivity index (χ4v) is 5.76. The number of carbonyl (C=O) groups is 1. The van der Waals surface area contributed by atoms with E-state index in [1.54, 1.807) is 39.2 Å². The first-order valence-corrected chi connectivity index (χ1v) is 13.0. The van der Waals surface area contributed by atoms with Crippen molar-refractivity contribution in [3.05, 3.63) is 55.7 Å². The molecule has 1 aromatic carbocycles. The SMILES string of the molecule is COc1ccc(CCN2C(=O)/C(=C/c3c(C)c(C#N)c(=O)n(C)c3N3CCOCC3)SC2=S)cc1OC. The summed E-state index contributed by atoms with van der Waals surface area (Å²) in [7, 11) is 4.82. The molecule has 37 heavy (non-hydrogen) atoms. The van der Waals surface area contributed by atoms with Crippen molar-refractivity contribution in [2.24, 2.45) is 7.05 Å². The van der Waals surface area contributed by atoms with Crippen LogP contribution in [0.3, 0.4) is 0 Å². The predicted octanol–water partition coefficient (Wildman–Crippen LogP) is 2.86. The van der Waals surface area contributed by atoms with Crippen LogP contribution in [0.1, 0.15) is 22.3 Å². The number of thioether (sulfide) groups is 1. The van der Waals surface area contributed by atoms with Gasteiger partial charge in [-0.05, 0) is 42.7 Å². The topological polar surface area (TPSA) is 97.0 Å². The summed E-state index contributed by atoms with van der Waals surface area (Å²) < 4.78 is 18.1. The van der Waals surface area contributed by atoms with Crippen LogP contribution in [0.5, 0.6) is 11.5 Å². The molecule has 0 unspecified atom stereocenters. The summed E-state index contributed by atoms with van der Waals surface area (Å²) in [6.45, 7) is 4.42. The van der Waals surface area contributed by atoms with Crippen molar-refractivity contribution < 1.29 is 19.0 Å². The maximum Gasteiger partial charge on any atom is 0.270 e. The molecular weight excluding hydrogens is 512 g/mol. The molecule has 2 fully saturated rings. The number of rotatable bonds is 7. The Bertz CT molecular complexity index is 1370. The smallest absolute Gasteiger partial charge is 0.270 e. The molecule has 194 valence electrons. The van der Waals surface area contributed by atoms with Crippen molar-refractivity contribution in [2.45, 2.75) is 13.3 Å². The number of amides is 1. The van der Waals surface area contributed by atoms with Crippen LogP contribution >= 0.6 is 24.0 Å². The maximum atomic E-state index is 13.4. The van der Waals surface area contributed by atoms with Crippen molar-refractivity contribution in [1.29, 1.82) is 5.26 Å². The first kappa shape index (κ1) is 26.7. The molecule has 0 aliphatic carbocycles. The van der Waals surface area contributed by atoms with Gasteiger partial charge in [0, 0.05) is 32.2 Å². The molecule has 11 heteroatoms. The molecule has 0 bridgehead atoms. The van der Waals surface area contributed by atoms with E-state index in [1.165, 1.54) is 16.3 Å². The number of morpholine rings is 1. The van der Waals surface area contributed by atoms with Gasteiger partial charge in [0.05, 0.1) is 32.3 Å². The zero-order valence-corrected chi connectivity index (χ0v) is 22.8. The summed E-state index contributed by atoms with van der Waals surface area (Å²) in [6.07, 6.45) is 2.34. The van der Waals surface area contributed by atoms with Crippen LogP contribution in [0.2, 0.25) is 0 Å². The van der Waals surface area contributed by atoms with Crippen LogP contribution in [0, 0.1) is 18.3 Å². The molecule has 2 aliphatic heterocycles. The second-order valence-corrected chi connectivity index (χ2v) is 10.3. The van der Waals surface area contributed by atoms with Gasteiger partial charge >= 0.3 is 0 Å². The van der Waals surface area contributed by atoms with Crippen LogP contribution in [0.4, 0.5) is 5.82 Å². The average Bonchev–Trinajstić information content (AvgIpc) is 3.18. The Balaban J connectivity index is 1.65. The normalized spacial score (nSPS) is 16.9. The molecule has 1 aromatic heterocycles. The highest BCUT2D eigenvalue weighted by atomic mass is 32.2. The third-order valence-electron chi connectivity index (χ3n) is 6.50. The number of nitriles is 1. The zero-order valence-electron chi connectivity index (χ0n) is 21.2. The Morgan fingerprint density at radius 1 is 1.19 bits per heavy atom. The number of ether oxygens (including phenoxy) is 3. The van der Waals surface area contributed by atoms with Crippen molar-refractivity contribution in [3.8, 4) is 17.6 Å². The van der Waals surface area contributed by atoms with Gasteiger partial charge in [-0.2, -0.15) is 5.26 Å². The molecule has 3 heterocycles. The average molecular weight is 541 g/mol. The third-order valence-corrected chi connectivity index (χ3v) is 7.88. The Hall–Kier alpha value is -3.33. The summed E-state index contributed by atoms with van der Waals surface area (Å²) in [5.41, 5.74) is 1.90.